The van der Waals surface area contributed by atoms with E-state index in [0.717, 1.165) is 25.6 Å². The van der Waals surface area contributed by atoms with Gasteiger partial charge in [-0.3, -0.25) is 4.90 Å². The van der Waals surface area contributed by atoms with Gasteiger partial charge in [-0.15, -0.1) is 0 Å². The molecule has 2 heterocycles. The monoisotopic (exact) mass is 268 g/mol. The third-order valence-electron chi connectivity index (χ3n) is 4.92. The van der Waals surface area contributed by atoms with Gasteiger partial charge in [0.1, 0.15) is 0 Å². The highest BCUT2D eigenvalue weighted by atomic mass is 16.5. The van der Waals surface area contributed by atoms with Crippen LogP contribution in [0.1, 0.15) is 52.4 Å². The van der Waals surface area contributed by atoms with E-state index in [4.69, 9.17) is 4.74 Å². The molecular formula is C16H32N2O. The summed E-state index contributed by atoms with van der Waals surface area (Å²) in [5, 5.41) is 3.60. The van der Waals surface area contributed by atoms with Gasteiger partial charge in [0.25, 0.3) is 0 Å². The lowest BCUT2D eigenvalue weighted by atomic mass is 9.98. The first-order valence-corrected chi connectivity index (χ1v) is 8.36. The summed E-state index contributed by atoms with van der Waals surface area (Å²) in [4.78, 5) is 2.68. The maximum absolute atomic E-state index is 5.65. The summed E-state index contributed by atoms with van der Waals surface area (Å²) in [6.45, 7) is 10.4. The molecule has 112 valence electrons. The molecule has 0 aromatic carbocycles. The summed E-state index contributed by atoms with van der Waals surface area (Å²) in [6, 6.07) is 0.664. The van der Waals surface area contributed by atoms with Crippen LogP contribution in [-0.4, -0.2) is 49.8 Å². The zero-order chi connectivity index (χ0) is 13.5. The SMILES string of the molecule is CCC1CCCN(C(C)CNCC2CCCO2)CC1. The first-order valence-electron chi connectivity index (χ1n) is 8.36. The Labute approximate surface area is 119 Å². The average Bonchev–Trinajstić information content (AvgIpc) is 2.81. The van der Waals surface area contributed by atoms with Crippen molar-refractivity contribution in [3.63, 3.8) is 0 Å². The number of likely N-dealkylation sites (tertiary alicyclic amines) is 1. The molecule has 2 saturated heterocycles. The molecule has 3 atom stereocenters. The number of hydrogen-bond acceptors (Lipinski definition) is 3. The molecule has 0 aliphatic carbocycles. The second kappa shape index (κ2) is 8.23. The smallest absolute Gasteiger partial charge is 0.0700 e. The summed E-state index contributed by atoms with van der Waals surface area (Å²) in [5.74, 6) is 0.969. The van der Waals surface area contributed by atoms with Crippen LogP contribution in [0.4, 0.5) is 0 Å². The zero-order valence-corrected chi connectivity index (χ0v) is 12.9. The first-order chi connectivity index (χ1) is 9.29. The second-order valence-corrected chi connectivity index (χ2v) is 6.38. The maximum atomic E-state index is 5.65. The summed E-state index contributed by atoms with van der Waals surface area (Å²) >= 11 is 0. The molecule has 19 heavy (non-hydrogen) atoms. The van der Waals surface area contributed by atoms with Crippen molar-refractivity contribution < 1.29 is 4.74 Å². The van der Waals surface area contributed by atoms with E-state index in [9.17, 15) is 0 Å². The highest BCUT2D eigenvalue weighted by Crippen LogP contribution is 2.21. The molecule has 3 heteroatoms. The van der Waals surface area contributed by atoms with Crippen LogP contribution in [0.15, 0.2) is 0 Å². The van der Waals surface area contributed by atoms with Crippen LogP contribution in [0.3, 0.4) is 0 Å². The molecule has 0 aromatic rings. The van der Waals surface area contributed by atoms with E-state index in [1.807, 2.05) is 0 Å². The van der Waals surface area contributed by atoms with Crippen molar-refractivity contribution in [3.05, 3.63) is 0 Å². The molecule has 3 nitrogen and oxygen atoms in total. The fraction of sp³-hybridized carbons (Fsp3) is 1.00. The minimum Gasteiger partial charge on any atom is -0.377 e. The molecule has 0 aromatic heterocycles. The van der Waals surface area contributed by atoms with Gasteiger partial charge in [0.05, 0.1) is 6.10 Å². The van der Waals surface area contributed by atoms with Crippen LogP contribution in [0, 0.1) is 5.92 Å². The van der Waals surface area contributed by atoms with Crippen molar-refractivity contribution in [3.8, 4) is 0 Å². The molecule has 2 rings (SSSR count). The lowest BCUT2D eigenvalue weighted by Gasteiger charge is -2.28. The summed E-state index contributed by atoms with van der Waals surface area (Å²) < 4.78 is 5.65. The second-order valence-electron chi connectivity index (χ2n) is 6.38. The fourth-order valence-corrected chi connectivity index (χ4v) is 3.42. The molecular weight excluding hydrogens is 236 g/mol. The van der Waals surface area contributed by atoms with Crippen molar-refractivity contribution in [2.45, 2.75) is 64.5 Å². The molecule has 0 spiro atoms. The number of rotatable bonds is 6. The zero-order valence-electron chi connectivity index (χ0n) is 12.9. The van der Waals surface area contributed by atoms with Gasteiger partial charge in [0.2, 0.25) is 0 Å². The number of nitrogens with one attached hydrogen (secondary N) is 1. The average molecular weight is 268 g/mol. The van der Waals surface area contributed by atoms with Crippen molar-refractivity contribution in [2.75, 3.05) is 32.8 Å². The standard InChI is InChI=1S/C16H32N2O/c1-3-15-6-4-9-18(10-8-15)14(2)12-17-13-16-7-5-11-19-16/h14-17H,3-13H2,1-2H3. The minimum atomic E-state index is 0.473. The van der Waals surface area contributed by atoms with Gasteiger partial charge in [0.15, 0.2) is 0 Å². The Morgan fingerprint density at radius 3 is 2.84 bits per heavy atom. The van der Waals surface area contributed by atoms with Gasteiger partial charge in [-0.25, -0.2) is 0 Å². The molecule has 2 aliphatic heterocycles. The summed E-state index contributed by atoms with van der Waals surface area (Å²) in [7, 11) is 0. The highest BCUT2D eigenvalue weighted by Gasteiger charge is 2.20. The number of nitrogens with zero attached hydrogens (tertiary/aromatic N) is 1. The predicted molar refractivity (Wildman–Crippen MR) is 80.5 cm³/mol. The quantitative estimate of drug-likeness (QED) is 0.801. The van der Waals surface area contributed by atoms with E-state index in [0.29, 0.717) is 12.1 Å². The van der Waals surface area contributed by atoms with Crippen molar-refractivity contribution >= 4 is 0 Å². The number of hydrogen-bond donors (Lipinski definition) is 1. The van der Waals surface area contributed by atoms with Crippen LogP contribution in [0.25, 0.3) is 0 Å². The van der Waals surface area contributed by atoms with E-state index >= 15 is 0 Å². The Balaban J connectivity index is 1.62. The van der Waals surface area contributed by atoms with Gasteiger partial charge in [0, 0.05) is 25.7 Å². The van der Waals surface area contributed by atoms with Crippen LogP contribution in [-0.2, 0) is 4.74 Å². The Morgan fingerprint density at radius 1 is 1.21 bits per heavy atom. The van der Waals surface area contributed by atoms with Crippen LogP contribution >= 0.6 is 0 Å². The Bertz CT molecular complexity index is 241. The Kier molecular flexibility index (Phi) is 6.62. The molecule has 0 saturated carbocycles. The maximum Gasteiger partial charge on any atom is 0.0700 e. The van der Waals surface area contributed by atoms with E-state index in [1.165, 1.54) is 51.6 Å². The van der Waals surface area contributed by atoms with E-state index in [1.54, 1.807) is 0 Å². The first kappa shape index (κ1) is 15.3. The van der Waals surface area contributed by atoms with Crippen molar-refractivity contribution in [1.82, 2.24) is 10.2 Å². The molecule has 2 fully saturated rings. The molecule has 1 N–H and O–H groups in total. The molecule has 3 unspecified atom stereocenters. The molecule has 2 aliphatic rings. The molecule has 0 radical (unpaired) electrons. The van der Waals surface area contributed by atoms with Crippen LogP contribution in [0.2, 0.25) is 0 Å². The Morgan fingerprint density at radius 2 is 2.11 bits per heavy atom. The fourth-order valence-electron chi connectivity index (χ4n) is 3.42. The predicted octanol–water partition coefficient (Wildman–Crippen LogP) is 2.66. The highest BCUT2D eigenvalue weighted by molar-refractivity contribution is 4.76. The Hall–Kier alpha value is -0.120. The lowest BCUT2D eigenvalue weighted by Crippen LogP contribution is -2.42. The van der Waals surface area contributed by atoms with Crippen LogP contribution < -0.4 is 5.32 Å². The number of ether oxygens (including phenoxy) is 1. The van der Waals surface area contributed by atoms with Gasteiger partial charge in [-0.05, 0) is 58.0 Å². The summed E-state index contributed by atoms with van der Waals surface area (Å²) in [6.07, 6.45) is 8.53. The largest absolute Gasteiger partial charge is 0.377 e. The van der Waals surface area contributed by atoms with Gasteiger partial charge < -0.3 is 10.1 Å². The normalized spacial score (nSPS) is 31.3. The van der Waals surface area contributed by atoms with Crippen molar-refractivity contribution in [1.29, 1.82) is 0 Å². The van der Waals surface area contributed by atoms with Crippen molar-refractivity contribution in [2.24, 2.45) is 5.92 Å². The van der Waals surface area contributed by atoms with Gasteiger partial charge in [-0.1, -0.05) is 13.3 Å². The lowest BCUT2D eigenvalue weighted by molar-refractivity contribution is 0.107. The summed E-state index contributed by atoms with van der Waals surface area (Å²) in [5.41, 5.74) is 0. The van der Waals surface area contributed by atoms with E-state index in [2.05, 4.69) is 24.1 Å². The third-order valence-corrected chi connectivity index (χ3v) is 4.92. The van der Waals surface area contributed by atoms with E-state index in [-0.39, 0.29) is 0 Å². The minimum absolute atomic E-state index is 0.473. The van der Waals surface area contributed by atoms with Gasteiger partial charge in [-0.2, -0.15) is 0 Å². The van der Waals surface area contributed by atoms with Crippen LogP contribution in [0.5, 0.6) is 0 Å². The molecule has 0 bridgehead atoms. The topological polar surface area (TPSA) is 24.5 Å². The van der Waals surface area contributed by atoms with E-state index < -0.39 is 0 Å². The van der Waals surface area contributed by atoms with Gasteiger partial charge >= 0.3 is 0 Å². The molecule has 0 amide bonds. The third kappa shape index (κ3) is 5.05.